The SMILES string of the molecule is C[C@H](NC(=O)NCc1ccc(-n2cccn2)cc1)[C@@H]1CCCO1. The molecule has 0 saturated carbocycles. The molecular weight excluding hydrogens is 292 g/mol. The van der Waals surface area contributed by atoms with E-state index in [4.69, 9.17) is 4.74 Å². The molecule has 1 saturated heterocycles. The second-order valence-corrected chi connectivity index (χ2v) is 5.78. The Kier molecular flexibility index (Phi) is 4.92. The van der Waals surface area contributed by atoms with E-state index in [2.05, 4.69) is 15.7 Å². The largest absolute Gasteiger partial charge is 0.376 e. The molecule has 1 aliphatic heterocycles. The molecule has 1 fully saturated rings. The maximum atomic E-state index is 11.9. The molecule has 1 aliphatic rings. The van der Waals surface area contributed by atoms with Crippen molar-refractivity contribution >= 4 is 6.03 Å². The number of carbonyl (C=O) groups excluding carboxylic acids is 1. The summed E-state index contributed by atoms with van der Waals surface area (Å²) >= 11 is 0. The van der Waals surface area contributed by atoms with Crippen molar-refractivity contribution < 1.29 is 9.53 Å². The summed E-state index contributed by atoms with van der Waals surface area (Å²) in [4.78, 5) is 11.9. The Morgan fingerprint density at radius 1 is 1.43 bits per heavy atom. The van der Waals surface area contributed by atoms with Crippen LogP contribution >= 0.6 is 0 Å². The van der Waals surface area contributed by atoms with E-state index in [0.29, 0.717) is 6.54 Å². The van der Waals surface area contributed by atoms with Gasteiger partial charge in [0.15, 0.2) is 0 Å². The lowest BCUT2D eigenvalue weighted by Crippen LogP contribution is -2.45. The molecule has 6 heteroatoms. The van der Waals surface area contributed by atoms with Crippen LogP contribution in [0.25, 0.3) is 5.69 Å². The van der Waals surface area contributed by atoms with Crippen molar-refractivity contribution in [1.29, 1.82) is 0 Å². The molecule has 0 bridgehead atoms. The zero-order chi connectivity index (χ0) is 16.1. The van der Waals surface area contributed by atoms with Crippen LogP contribution in [0.1, 0.15) is 25.3 Å². The normalized spacial score (nSPS) is 18.6. The van der Waals surface area contributed by atoms with Gasteiger partial charge >= 0.3 is 6.03 Å². The molecule has 1 aromatic carbocycles. The Labute approximate surface area is 135 Å². The Morgan fingerprint density at radius 3 is 2.91 bits per heavy atom. The molecule has 0 unspecified atom stereocenters. The van der Waals surface area contributed by atoms with Gasteiger partial charge in [-0.05, 0) is 43.5 Å². The molecule has 122 valence electrons. The molecule has 2 amide bonds. The second-order valence-electron chi connectivity index (χ2n) is 5.78. The van der Waals surface area contributed by atoms with Crippen molar-refractivity contribution in [1.82, 2.24) is 20.4 Å². The third kappa shape index (κ3) is 4.10. The van der Waals surface area contributed by atoms with E-state index in [-0.39, 0.29) is 18.2 Å². The molecule has 6 nitrogen and oxygen atoms in total. The fourth-order valence-electron chi connectivity index (χ4n) is 2.72. The van der Waals surface area contributed by atoms with E-state index in [9.17, 15) is 4.79 Å². The number of carbonyl (C=O) groups is 1. The molecule has 0 radical (unpaired) electrons. The van der Waals surface area contributed by atoms with Gasteiger partial charge in [0.05, 0.1) is 17.8 Å². The van der Waals surface area contributed by atoms with Crippen LogP contribution in [0, 0.1) is 0 Å². The highest BCUT2D eigenvalue weighted by Gasteiger charge is 2.23. The van der Waals surface area contributed by atoms with Crippen LogP contribution < -0.4 is 10.6 Å². The Balaban J connectivity index is 1.47. The van der Waals surface area contributed by atoms with Crippen molar-refractivity contribution in [2.45, 2.75) is 38.5 Å². The fourth-order valence-corrected chi connectivity index (χ4v) is 2.72. The van der Waals surface area contributed by atoms with Gasteiger partial charge in [0, 0.05) is 25.5 Å². The first-order chi connectivity index (χ1) is 11.2. The standard InChI is InChI=1S/C17H22N4O2/c1-13(16-4-2-11-23-16)20-17(22)18-12-14-5-7-15(8-6-14)21-10-3-9-19-21/h3,5-10,13,16H,2,4,11-12H2,1H3,(H2,18,20,22)/t13-,16-/m0/s1. The Hall–Kier alpha value is -2.34. The van der Waals surface area contributed by atoms with Crippen LogP contribution in [-0.2, 0) is 11.3 Å². The van der Waals surface area contributed by atoms with Crippen LogP contribution in [0.15, 0.2) is 42.7 Å². The van der Waals surface area contributed by atoms with Crippen molar-refractivity contribution in [3.05, 3.63) is 48.3 Å². The van der Waals surface area contributed by atoms with Crippen LogP contribution in [0.3, 0.4) is 0 Å². The molecular formula is C17H22N4O2. The average molecular weight is 314 g/mol. The molecule has 2 atom stereocenters. The monoisotopic (exact) mass is 314 g/mol. The van der Waals surface area contributed by atoms with Crippen molar-refractivity contribution in [2.75, 3.05) is 6.61 Å². The topological polar surface area (TPSA) is 68.2 Å². The van der Waals surface area contributed by atoms with E-state index < -0.39 is 0 Å². The van der Waals surface area contributed by atoms with Crippen LogP contribution in [-0.4, -0.2) is 34.6 Å². The lowest BCUT2D eigenvalue weighted by molar-refractivity contribution is 0.0860. The summed E-state index contributed by atoms with van der Waals surface area (Å²) in [5, 5.41) is 10.0. The van der Waals surface area contributed by atoms with E-state index >= 15 is 0 Å². The van der Waals surface area contributed by atoms with Gasteiger partial charge in [-0.15, -0.1) is 0 Å². The zero-order valence-electron chi connectivity index (χ0n) is 13.2. The third-order valence-electron chi connectivity index (χ3n) is 4.04. The van der Waals surface area contributed by atoms with Gasteiger partial charge in [-0.25, -0.2) is 9.48 Å². The highest BCUT2D eigenvalue weighted by atomic mass is 16.5. The highest BCUT2D eigenvalue weighted by Crippen LogP contribution is 2.15. The fraction of sp³-hybridized carbons (Fsp3) is 0.412. The lowest BCUT2D eigenvalue weighted by atomic mass is 10.1. The summed E-state index contributed by atoms with van der Waals surface area (Å²) in [7, 11) is 0. The Bertz CT molecular complexity index is 619. The summed E-state index contributed by atoms with van der Waals surface area (Å²) in [6.45, 7) is 3.26. The summed E-state index contributed by atoms with van der Waals surface area (Å²) in [6, 6.07) is 9.69. The summed E-state index contributed by atoms with van der Waals surface area (Å²) in [5.74, 6) is 0. The van der Waals surface area contributed by atoms with Gasteiger partial charge in [-0.1, -0.05) is 12.1 Å². The van der Waals surface area contributed by atoms with Crippen LogP contribution in [0.4, 0.5) is 4.79 Å². The quantitative estimate of drug-likeness (QED) is 0.889. The lowest BCUT2D eigenvalue weighted by Gasteiger charge is -2.20. The minimum absolute atomic E-state index is 0.0275. The van der Waals surface area contributed by atoms with Gasteiger partial charge in [-0.3, -0.25) is 0 Å². The first-order valence-electron chi connectivity index (χ1n) is 7.97. The third-order valence-corrected chi connectivity index (χ3v) is 4.04. The maximum absolute atomic E-state index is 11.9. The molecule has 0 spiro atoms. The van der Waals surface area contributed by atoms with Crippen LogP contribution in [0.2, 0.25) is 0 Å². The van der Waals surface area contributed by atoms with E-state index in [0.717, 1.165) is 30.7 Å². The van der Waals surface area contributed by atoms with Crippen LogP contribution in [0.5, 0.6) is 0 Å². The van der Waals surface area contributed by atoms with Crippen molar-refractivity contribution in [3.63, 3.8) is 0 Å². The van der Waals surface area contributed by atoms with Gasteiger partial charge in [-0.2, -0.15) is 5.10 Å². The number of hydrogen-bond donors (Lipinski definition) is 2. The number of nitrogens with zero attached hydrogens (tertiary/aromatic N) is 2. The predicted octanol–water partition coefficient (Wildman–Crippen LogP) is 2.24. The number of rotatable bonds is 5. The van der Waals surface area contributed by atoms with Gasteiger partial charge in [0.1, 0.15) is 0 Å². The second kappa shape index (κ2) is 7.28. The van der Waals surface area contributed by atoms with Gasteiger partial charge in [0.2, 0.25) is 0 Å². The molecule has 3 rings (SSSR count). The highest BCUT2D eigenvalue weighted by molar-refractivity contribution is 5.74. The number of benzene rings is 1. The molecule has 2 aromatic rings. The number of urea groups is 1. The van der Waals surface area contributed by atoms with Crippen molar-refractivity contribution in [2.24, 2.45) is 0 Å². The first-order valence-corrected chi connectivity index (χ1v) is 7.97. The number of aromatic nitrogens is 2. The zero-order valence-corrected chi connectivity index (χ0v) is 13.2. The van der Waals surface area contributed by atoms with E-state index in [1.807, 2.05) is 43.5 Å². The predicted molar refractivity (Wildman–Crippen MR) is 87.4 cm³/mol. The van der Waals surface area contributed by atoms with E-state index in [1.54, 1.807) is 10.9 Å². The first kappa shape index (κ1) is 15.6. The maximum Gasteiger partial charge on any atom is 0.315 e. The number of nitrogens with one attached hydrogen (secondary N) is 2. The van der Waals surface area contributed by atoms with Gasteiger partial charge < -0.3 is 15.4 Å². The number of ether oxygens (including phenoxy) is 1. The molecule has 2 N–H and O–H groups in total. The van der Waals surface area contributed by atoms with E-state index in [1.165, 1.54) is 0 Å². The minimum Gasteiger partial charge on any atom is -0.376 e. The smallest absolute Gasteiger partial charge is 0.315 e. The summed E-state index contributed by atoms with van der Waals surface area (Å²) in [5.41, 5.74) is 2.04. The minimum atomic E-state index is -0.163. The van der Waals surface area contributed by atoms with Crippen molar-refractivity contribution in [3.8, 4) is 5.69 Å². The molecule has 2 heterocycles. The molecule has 1 aromatic heterocycles. The van der Waals surface area contributed by atoms with Gasteiger partial charge in [0.25, 0.3) is 0 Å². The molecule has 0 aliphatic carbocycles. The molecule has 23 heavy (non-hydrogen) atoms. The number of amides is 2. The number of hydrogen-bond acceptors (Lipinski definition) is 3. The average Bonchev–Trinajstić information content (AvgIpc) is 3.26. The summed E-state index contributed by atoms with van der Waals surface area (Å²) < 4.78 is 7.38. The Morgan fingerprint density at radius 2 is 2.26 bits per heavy atom. The summed E-state index contributed by atoms with van der Waals surface area (Å²) in [6.07, 6.45) is 5.86.